The monoisotopic (exact) mass is 266 g/mol. The molecule has 2 aromatic rings. The van der Waals surface area contributed by atoms with Gasteiger partial charge in [0.05, 0.1) is 6.04 Å². The highest BCUT2D eigenvalue weighted by molar-refractivity contribution is 5.31. The summed E-state index contributed by atoms with van der Waals surface area (Å²) in [7, 11) is 0. The summed E-state index contributed by atoms with van der Waals surface area (Å²) in [5.41, 5.74) is 8.89. The third-order valence-electron chi connectivity index (χ3n) is 4.09. The molecule has 0 spiro atoms. The first-order chi connectivity index (χ1) is 9.84. The lowest BCUT2D eigenvalue weighted by atomic mass is 9.94. The minimum atomic E-state index is 0.304. The number of piperidine rings is 1. The van der Waals surface area contributed by atoms with E-state index in [-0.39, 0.29) is 0 Å². The van der Waals surface area contributed by atoms with E-state index >= 15 is 0 Å². The number of rotatable bonds is 3. The standard InChI is InChI=1S/C18H22N2/c19-17-12-7-13-20(14-17)18(15-8-3-1-4-9-15)16-10-5-2-6-11-16/h1-6,8-11,17-18H,7,12-14,19H2/t17-/m1/s1. The second kappa shape index (κ2) is 6.21. The van der Waals surface area contributed by atoms with E-state index in [4.69, 9.17) is 5.73 Å². The van der Waals surface area contributed by atoms with Crippen molar-refractivity contribution in [1.29, 1.82) is 0 Å². The first-order valence-electron chi connectivity index (χ1n) is 7.44. The fraction of sp³-hybridized carbons (Fsp3) is 0.333. The molecule has 1 atom stereocenters. The lowest BCUT2D eigenvalue weighted by Gasteiger charge is -2.37. The summed E-state index contributed by atoms with van der Waals surface area (Å²) in [5, 5.41) is 0. The summed E-state index contributed by atoms with van der Waals surface area (Å²) in [4.78, 5) is 2.53. The zero-order chi connectivity index (χ0) is 13.8. The van der Waals surface area contributed by atoms with Crippen molar-refractivity contribution in [2.75, 3.05) is 13.1 Å². The molecule has 0 saturated carbocycles. The molecule has 1 aliphatic heterocycles. The van der Waals surface area contributed by atoms with Crippen LogP contribution in [0.4, 0.5) is 0 Å². The quantitative estimate of drug-likeness (QED) is 0.924. The van der Waals surface area contributed by atoms with Crippen molar-refractivity contribution in [3.63, 3.8) is 0 Å². The molecule has 104 valence electrons. The Labute approximate surface area is 121 Å². The molecule has 1 aliphatic rings. The summed E-state index contributed by atoms with van der Waals surface area (Å²) in [6, 6.07) is 22.1. The third kappa shape index (κ3) is 2.92. The molecule has 2 nitrogen and oxygen atoms in total. The van der Waals surface area contributed by atoms with Gasteiger partial charge in [-0.1, -0.05) is 60.7 Å². The maximum atomic E-state index is 6.18. The van der Waals surface area contributed by atoms with Gasteiger partial charge in [-0.2, -0.15) is 0 Å². The van der Waals surface area contributed by atoms with Crippen LogP contribution in [0.15, 0.2) is 60.7 Å². The van der Waals surface area contributed by atoms with Gasteiger partial charge in [-0.15, -0.1) is 0 Å². The number of likely N-dealkylation sites (tertiary alicyclic amines) is 1. The molecule has 2 N–H and O–H groups in total. The van der Waals surface area contributed by atoms with Gasteiger partial charge in [0.25, 0.3) is 0 Å². The fourth-order valence-electron chi connectivity index (χ4n) is 3.16. The summed E-state index contributed by atoms with van der Waals surface area (Å²) in [6.07, 6.45) is 2.34. The zero-order valence-electron chi connectivity index (χ0n) is 11.8. The van der Waals surface area contributed by atoms with E-state index in [2.05, 4.69) is 65.6 Å². The van der Waals surface area contributed by atoms with Gasteiger partial charge >= 0.3 is 0 Å². The second-order valence-corrected chi connectivity index (χ2v) is 5.62. The van der Waals surface area contributed by atoms with Crippen molar-refractivity contribution in [2.45, 2.75) is 24.9 Å². The molecule has 2 heteroatoms. The summed E-state index contributed by atoms with van der Waals surface area (Å²) < 4.78 is 0. The number of nitrogens with zero attached hydrogens (tertiary/aromatic N) is 1. The van der Waals surface area contributed by atoms with E-state index in [1.165, 1.54) is 17.5 Å². The largest absolute Gasteiger partial charge is 0.327 e. The molecule has 0 aliphatic carbocycles. The van der Waals surface area contributed by atoms with Crippen molar-refractivity contribution in [3.8, 4) is 0 Å². The van der Waals surface area contributed by atoms with Crippen LogP contribution in [-0.2, 0) is 0 Å². The molecule has 0 aromatic heterocycles. The maximum absolute atomic E-state index is 6.18. The highest BCUT2D eigenvalue weighted by Gasteiger charge is 2.26. The summed E-state index contributed by atoms with van der Waals surface area (Å²) >= 11 is 0. The molecule has 2 aromatic carbocycles. The average Bonchev–Trinajstić information content (AvgIpc) is 2.50. The Morgan fingerprint density at radius 3 is 1.95 bits per heavy atom. The number of benzene rings is 2. The van der Waals surface area contributed by atoms with Crippen molar-refractivity contribution < 1.29 is 0 Å². The smallest absolute Gasteiger partial charge is 0.0602 e. The molecule has 1 heterocycles. The summed E-state index contributed by atoms with van der Waals surface area (Å²) in [6.45, 7) is 2.11. The third-order valence-corrected chi connectivity index (χ3v) is 4.09. The Kier molecular flexibility index (Phi) is 4.14. The normalized spacial score (nSPS) is 20.2. The van der Waals surface area contributed by atoms with E-state index in [9.17, 15) is 0 Å². The van der Waals surface area contributed by atoms with E-state index < -0.39 is 0 Å². The van der Waals surface area contributed by atoms with Crippen LogP contribution in [0.25, 0.3) is 0 Å². The van der Waals surface area contributed by atoms with E-state index in [1.807, 2.05) is 0 Å². The SMILES string of the molecule is N[C@@H]1CCCN(C(c2ccccc2)c2ccccc2)C1. The molecule has 20 heavy (non-hydrogen) atoms. The van der Waals surface area contributed by atoms with Gasteiger partial charge in [0.1, 0.15) is 0 Å². The van der Waals surface area contributed by atoms with Crippen LogP contribution in [0.5, 0.6) is 0 Å². The van der Waals surface area contributed by atoms with Gasteiger partial charge in [-0.25, -0.2) is 0 Å². The minimum absolute atomic E-state index is 0.304. The highest BCUT2D eigenvalue weighted by Crippen LogP contribution is 2.30. The molecule has 1 saturated heterocycles. The lowest BCUT2D eigenvalue weighted by Crippen LogP contribution is -2.44. The van der Waals surface area contributed by atoms with Crippen molar-refractivity contribution in [2.24, 2.45) is 5.73 Å². The van der Waals surface area contributed by atoms with Crippen LogP contribution >= 0.6 is 0 Å². The molecule has 0 bridgehead atoms. The van der Waals surface area contributed by atoms with Gasteiger partial charge < -0.3 is 5.73 Å². The van der Waals surface area contributed by atoms with Gasteiger partial charge in [-0.3, -0.25) is 4.90 Å². The lowest BCUT2D eigenvalue weighted by molar-refractivity contribution is 0.171. The van der Waals surface area contributed by atoms with Crippen LogP contribution in [0, 0.1) is 0 Å². The zero-order valence-corrected chi connectivity index (χ0v) is 11.8. The number of hydrogen-bond donors (Lipinski definition) is 1. The predicted molar refractivity (Wildman–Crippen MR) is 83.5 cm³/mol. The Morgan fingerprint density at radius 1 is 0.900 bits per heavy atom. The van der Waals surface area contributed by atoms with E-state index in [0.717, 1.165) is 19.5 Å². The summed E-state index contributed by atoms with van der Waals surface area (Å²) in [5.74, 6) is 0. The van der Waals surface area contributed by atoms with E-state index in [1.54, 1.807) is 0 Å². The Bertz CT molecular complexity index is 484. The molecule has 0 amide bonds. The first-order valence-corrected chi connectivity index (χ1v) is 7.44. The topological polar surface area (TPSA) is 29.3 Å². The van der Waals surface area contributed by atoms with Crippen molar-refractivity contribution in [1.82, 2.24) is 4.90 Å². The second-order valence-electron chi connectivity index (χ2n) is 5.62. The van der Waals surface area contributed by atoms with Gasteiger partial charge in [0.15, 0.2) is 0 Å². The number of hydrogen-bond acceptors (Lipinski definition) is 2. The van der Waals surface area contributed by atoms with Gasteiger partial charge in [0, 0.05) is 12.6 Å². The van der Waals surface area contributed by atoms with Crippen LogP contribution in [-0.4, -0.2) is 24.0 Å². The molecule has 1 fully saturated rings. The molecular formula is C18H22N2. The Morgan fingerprint density at radius 2 is 1.45 bits per heavy atom. The van der Waals surface area contributed by atoms with Gasteiger partial charge in [-0.05, 0) is 30.5 Å². The predicted octanol–water partition coefficient (Wildman–Crippen LogP) is 3.20. The van der Waals surface area contributed by atoms with Crippen molar-refractivity contribution in [3.05, 3.63) is 71.8 Å². The highest BCUT2D eigenvalue weighted by atomic mass is 15.2. The van der Waals surface area contributed by atoms with Crippen LogP contribution in [0.3, 0.4) is 0 Å². The average molecular weight is 266 g/mol. The molecular weight excluding hydrogens is 244 g/mol. The molecule has 0 unspecified atom stereocenters. The Balaban J connectivity index is 1.95. The van der Waals surface area contributed by atoms with Crippen LogP contribution in [0.1, 0.15) is 30.0 Å². The first kappa shape index (κ1) is 13.3. The fourth-order valence-corrected chi connectivity index (χ4v) is 3.16. The van der Waals surface area contributed by atoms with E-state index in [0.29, 0.717) is 12.1 Å². The molecule has 0 radical (unpaired) electrons. The maximum Gasteiger partial charge on any atom is 0.0602 e. The van der Waals surface area contributed by atoms with Gasteiger partial charge in [0.2, 0.25) is 0 Å². The number of nitrogens with two attached hydrogens (primary N) is 1. The minimum Gasteiger partial charge on any atom is -0.327 e. The van der Waals surface area contributed by atoms with Crippen LogP contribution < -0.4 is 5.73 Å². The van der Waals surface area contributed by atoms with Crippen LogP contribution in [0.2, 0.25) is 0 Å². The van der Waals surface area contributed by atoms with Crippen molar-refractivity contribution >= 4 is 0 Å². The molecule has 3 rings (SSSR count). The Hall–Kier alpha value is -1.64.